The molecule has 0 spiro atoms. The number of amides is 1. The van der Waals surface area contributed by atoms with Gasteiger partial charge in [-0.3, -0.25) is 9.69 Å². The summed E-state index contributed by atoms with van der Waals surface area (Å²) >= 11 is 0. The molecule has 1 aliphatic heterocycles. The lowest BCUT2D eigenvalue weighted by Crippen LogP contribution is -2.49. The van der Waals surface area contributed by atoms with Gasteiger partial charge in [0.2, 0.25) is 0 Å². The van der Waals surface area contributed by atoms with Crippen molar-refractivity contribution < 1.29 is 14.3 Å². The Morgan fingerprint density at radius 2 is 2.00 bits per heavy atom. The fourth-order valence-corrected chi connectivity index (χ4v) is 2.37. The number of aliphatic hydroxyl groups is 1. The highest BCUT2D eigenvalue weighted by Gasteiger charge is 2.25. The summed E-state index contributed by atoms with van der Waals surface area (Å²) in [5.41, 5.74) is 1.60. The zero-order valence-electron chi connectivity index (χ0n) is 11.0. The number of carbonyl (C=O) groups excluding carboxylic acids is 1. The molecule has 1 aromatic heterocycles. The SMILES string of the molecule is Cc1coc(C)c1C(=O)N1CCN(CCO)CC1. The largest absolute Gasteiger partial charge is 0.469 e. The van der Waals surface area contributed by atoms with E-state index in [0.29, 0.717) is 31.0 Å². The molecule has 1 aromatic rings. The van der Waals surface area contributed by atoms with E-state index in [2.05, 4.69) is 4.90 Å². The van der Waals surface area contributed by atoms with Gasteiger partial charge in [-0.15, -0.1) is 0 Å². The first-order chi connectivity index (χ1) is 8.63. The third-order valence-corrected chi connectivity index (χ3v) is 3.45. The number of aryl methyl sites for hydroxylation is 2. The minimum atomic E-state index is 0.0578. The molecule has 18 heavy (non-hydrogen) atoms. The van der Waals surface area contributed by atoms with Crippen molar-refractivity contribution in [2.75, 3.05) is 39.3 Å². The van der Waals surface area contributed by atoms with Crippen LogP contribution in [0.5, 0.6) is 0 Å². The standard InChI is InChI=1S/C13H20N2O3/c1-10-9-18-11(2)12(10)13(17)15-5-3-14(4-6-15)7-8-16/h9,16H,3-8H2,1-2H3. The molecule has 1 aliphatic rings. The second-order valence-corrected chi connectivity index (χ2v) is 4.71. The van der Waals surface area contributed by atoms with Gasteiger partial charge >= 0.3 is 0 Å². The molecular weight excluding hydrogens is 232 g/mol. The zero-order chi connectivity index (χ0) is 13.1. The van der Waals surface area contributed by atoms with E-state index in [1.54, 1.807) is 6.26 Å². The van der Waals surface area contributed by atoms with Crippen molar-refractivity contribution in [1.82, 2.24) is 9.80 Å². The van der Waals surface area contributed by atoms with Gasteiger partial charge in [0.1, 0.15) is 5.76 Å². The van der Waals surface area contributed by atoms with Crippen LogP contribution in [0.4, 0.5) is 0 Å². The van der Waals surface area contributed by atoms with Gasteiger partial charge in [0.05, 0.1) is 18.4 Å². The summed E-state index contributed by atoms with van der Waals surface area (Å²) in [5, 5.41) is 8.88. The molecular formula is C13H20N2O3. The lowest BCUT2D eigenvalue weighted by Gasteiger charge is -2.34. The van der Waals surface area contributed by atoms with Crippen LogP contribution in [-0.4, -0.2) is 60.1 Å². The number of piperazine rings is 1. The van der Waals surface area contributed by atoms with Crippen molar-refractivity contribution in [2.24, 2.45) is 0 Å². The number of nitrogens with zero attached hydrogens (tertiary/aromatic N) is 2. The third-order valence-electron chi connectivity index (χ3n) is 3.45. The van der Waals surface area contributed by atoms with Gasteiger partial charge in [-0.2, -0.15) is 0 Å². The molecule has 2 heterocycles. The van der Waals surface area contributed by atoms with Gasteiger partial charge in [-0.05, 0) is 13.8 Å². The maximum Gasteiger partial charge on any atom is 0.257 e. The first-order valence-corrected chi connectivity index (χ1v) is 6.30. The number of hydrogen-bond acceptors (Lipinski definition) is 4. The molecule has 0 aliphatic carbocycles. The molecule has 0 unspecified atom stereocenters. The predicted molar refractivity (Wildman–Crippen MR) is 67.6 cm³/mol. The summed E-state index contributed by atoms with van der Waals surface area (Å²) in [7, 11) is 0. The Hall–Kier alpha value is -1.33. The predicted octanol–water partition coefficient (Wildman–Crippen LogP) is 0.647. The number of rotatable bonds is 3. The van der Waals surface area contributed by atoms with E-state index in [4.69, 9.17) is 9.52 Å². The number of carbonyl (C=O) groups is 1. The molecule has 0 aromatic carbocycles. The van der Waals surface area contributed by atoms with Crippen molar-refractivity contribution in [3.05, 3.63) is 23.2 Å². The molecule has 0 bridgehead atoms. The lowest BCUT2D eigenvalue weighted by molar-refractivity contribution is 0.0613. The van der Waals surface area contributed by atoms with Crippen molar-refractivity contribution in [1.29, 1.82) is 0 Å². The van der Waals surface area contributed by atoms with Crippen molar-refractivity contribution in [2.45, 2.75) is 13.8 Å². The first kappa shape index (κ1) is 13.1. The van der Waals surface area contributed by atoms with E-state index >= 15 is 0 Å². The first-order valence-electron chi connectivity index (χ1n) is 6.30. The summed E-state index contributed by atoms with van der Waals surface area (Å²) in [4.78, 5) is 16.4. The van der Waals surface area contributed by atoms with Gasteiger partial charge in [0.25, 0.3) is 5.91 Å². The Morgan fingerprint density at radius 3 is 2.50 bits per heavy atom. The number of aliphatic hydroxyl groups excluding tert-OH is 1. The van der Waals surface area contributed by atoms with Crippen LogP contribution in [0.2, 0.25) is 0 Å². The van der Waals surface area contributed by atoms with E-state index in [1.165, 1.54) is 0 Å². The highest BCUT2D eigenvalue weighted by molar-refractivity contribution is 5.96. The maximum atomic E-state index is 12.4. The molecule has 1 saturated heterocycles. The lowest BCUT2D eigenvalue weighted by atomic mass is 10.1. The van der Waals surface area contributed by atoms with E-state index in [9.17, 15) is 4.79 Å². The van der Waals surface area contributed by atoms with Crippen LogP contribution in [0.25, 0.3) is 0 Å². The summed E-state index contributed by atoms with van der Waals surface area (Å²) in [6.07, 6.45) is 1.63. The Labute approximate surface area is 107 Å². The Balaban J connectivity index is 2.00. The van der Waals surface area contributed by atoms with Gasteiger partial charge in [-0.25, -0.2) is 0 Å². The zero-order valence-corrected chi connectivity index (χ0v) is 11.0. The summed E-state index contributed by atoms with van der Waals surface area (Å²) in [6.45, 7) is 7.64. The van der Waals surface area contributed by atoms with E-state index in [-0.39, 0.29) is 12.5 Å². The van der Waals surface area contributed by atoms with Crippen LogP contribution in [0.1, 0.15) is 21.7 Å². The summed E-state index contributed by atoms with van der Waals surface area (Å²) in [5.74, 6) is 0.748. The van der Waals surface area contributed by atoms with Crippen LogP contribution < -0.4 is 0 Å². The highest BCUT2D eigenvalue weighted by Crippen LogP contribution is 2.18. The Bertz CT molecular complexity index is 400. The minimum Gasteiger partial charge on any atom is -0.469 e. The molecule has 1 amide bonds. The van der Waals surface area contributed by atoms with Gasteiger partial charge < -0.3 is 14.4 Å². The molecule has 0 radical (unpaired) electrons. The second kappa shape index (κ2) is 5.54. The van der Waals surface area contributed by atoms with E-state index in [1.807, 2.05) is 18.7 Å². The molecule has 5 nitrogen and oxygen atoms in total. The average Bonchev–Trinajstić information content (AvgIpc) is 2.70. The number of hydrogen-bond donors (Lipinski definition) is 1. The van der Waals surface area contributed by atoms with Crippen LogP contribution in [0, 0.1) is 13.8 Å². The molecule has 5 heteroatoms. The fraction of sp³-hybridized carbons (Fsp3) is 0.615. The van der Waals surface area contributed by atoms with Crippen LogP contribution in [-0.2, 0) is 0 Å². The van der Waals surface area contributed by atoms with Crippen molar-refractivity contribution in [3.8, 4) is 0 Å². The summed E-state index contributed by atoms with van der Waals surface area (Å²) in [6, 6.07) is 0. The Kier molecular flexibility index (Phi) is 4.04. The topological polar surface area (TPSA) is 56.9 Å². The molecule has 2 rings (SSSR count). The monoisotopic (exact) mass is 252 g/mol. The molecule has 1 fully saturated rings. The molecule has 100 valence electrons. The quantitative estimate of drug-likeness (QED) is 0.858. The number of furan rings is 1. The third kappa shape index (κ3) is 2.57. The minimum absolute atomic E-state index is 0.0578. The second-order valence-electron chi connectivity index (χ2n) is 4.71. The van der Waals surface area contributed by atoms with Gasteiger partial charge in [-0.1, -0.05) is 0 Å². The normalized spacial score (nSPS) is 17.2. The highest BCUT2D eigenvalue weighted by atomic mass is 16.3. The van der Waals surface area contributed by atoms with Crippen LogP contribution in [0.15, 0.2) is 10.7 Å². The smallest absolute Gasteiger partial charge is 0.257 e. The van der Waals surface area contributed by atoms with Crippen molar-refractivity contribution >= 4 is 5.91 Å². The fourth-order valence-electron chi connectivity index (χ4n) is 2.37. The van der Waals surface area contributed by atoms with Crippen molar-refractivity contribution in [3.63, 3.8) is 0 Å². The average molecular weight is 252 g/mol. The van der Waals surface area contributed by atoms with Crippen LogP contribution in [0.3, 0.4) is 0 Å². The maximum absolute atomic E-state index is 12.4. The molecule has 0 saturated carbocycles. The van der Waals surface area contributed by atoms with Gasteiger partial charge in [0.15, 0.2) is 0 Å². The van der Waals surface area contributed by atoms with E-state index < -0.39 is 0 Å². The summed E-state index contributed by atoms with van der Waals surface area (Å²) < 4.78 is 5.28. The Morgan fingerprint density at radius 1 is 1.33 bits per heavy atom. The van der Waals surface area contributed by atoms with Crippen LogP contribution >= 0.6 is 0 Å². The molecule has 1 N–H and O–H groups in total. The molecule has 0 atom stereocenters. The van der Waals surface area contributed by atoms with E-state index in [0.717, 1.165) is 18.7 Å². The number of β-amino-alcohol motifs (C(OH)–C–C–N with tert-alkyl or cyclic N) is 1. The van der Waals surface area contributed by atoms with Gasteiger partial charge in [0, 0.05) is 38.3 Å².